The molecule has 2 rings (SSSR count). The largest absolute Gasteiger partial charge is 0.487 e. The molecule has 0 amide bonds. The Bertz CT molecular complexity index is 793. The van der Waals surface area contributed by atoms with Crippen molar-refractivity contribution in [2.24, 2.45) is 0 Å². The third kappa shape index (κ3) is 8.41. The number of rotatable bonds is 14. The standard InChI is InChI=1S/C28H40O3/c1-6-8-13-18-27(3,4)24-16-17-25(30-21-23-14-11-10-12-15-23)26(20-24)31-22-28(5,29)19-9-7-2/h7,10-12,14-17,20,29H,2,6,8-9,13,18-19,21-22H2,1,3-5H3. The lowest BCUT2D eigenvalue weighted by Gasteiger charge is -2.28. The van der Waals surface area contributed by atoms with Crippen LogP contribution >= 0.6 is 0 Å². The second kappa shape index (κ2) is 12.0. The first-order valence-corrected chi connectivity index (χ1v) is 11.5. The van der Waals surface area contributed by atoms with Gasteiger partial charge in [-0.05, 0) is 54.9 Å². The molecule has 3 nitrogen and oxygen atoms in total. The zero-order chi connectivity index (χ0) is 22.7. The van der Waals surface area contributed by atoms with E-state index in [1.165, 1.54) is 24.8 Å². The van der Waals surface area contributed by atoms with Crippen molar-refractivity contribution in [3.63, 3.8) is 0 Å². The molecule has 0 spiro atoms. The van der Waals surface area contributed by atoms with Crippen molar-refractivity contribution >= 4 is 0 Å². The zero-order valence-electron chi connectivity index (χ0n) is 19.8. The number of allylic oxidation sites excluding steroid dienone is 1. The van der Waals surface area contributed by atoms with E-state index in [0.29, 0.717) is 24.5 Å². The molecule has 0 bridgehead atoms. The molecule has 0 aliphatic carbocycles. The van der Waals surface area contributed by atoms with Gasteiger partial charge in [-0.25, -0.2) is 0 Å². The van der Waals surface area contributed by atoms with Gasteiger partial charge in [0.2, 0.25) is 0 Å². The highest BCUT2D eigenvalue weighted by Gasteiger charge is 2.24. The average Bonchev–Trinajstić information content (AvgIpc) is 2.76. The van der Waals surface area contributed by atoms with Crippen molar-refractivity contribution in [3.8, 4) is 11.5 Å². The predicted octanol–water partition coefficient (Wildman–Crippen LogP) is 7.22. The lowest BCUT2D eigenvalue weighted by atomic mass is 9.80. The summed E-state index contributed by atoms with van der Waals surface area (Å²) in [6, 6.07) is 16.4. The molecule has 1 N–H and O–H groups in total. The van der Waals surface area contributed by atoms with Gasteiger partial charge in [0.1, 0.15) is 13.2 Å². The minimum absolute atomic E-state index is 0.0522. The molecule has 31 heavy (non-hydrogen) atoms. The van der Waals surface area contributed by atoms with E-state index in [2.05, 4.69) is 39.5 Å². The van der Waals surface area contributed by atoms with Crippen molar-refractivity contribution in [3.05, 3.63) is 72.3 Å². The highest BCUT2D eigenvalue weighted by atomic mass is 16.5. The quantitative estimate of drug-likeness (QED) is 0.257. The number of benzene rings is 2. The molecule has 0 saturated heterocycles. The van der Waals surface area contributed by atoms with Crippen LogP contribution in [0.4, 0.5) is 0 Å². The molecule has 0 aromatic heterocycles. The van der Waals surface area contributed by atoms with Gasteiger partial charge < -0.3 is 14.6 Å². The van der Waals surface area contributed by atoms with Gasteiger partial charge in [-0.2, -0.15) is 0 Å². The molecule has 170 valence electrons. The van der Waals surface area contributed by atoms with Crippen LogP contribution in [0.2, 0.25) is 0 Å². The minimum atomic E-state index is -0.919. The molecule has 0 aliphatic rings. The summed E-state index contributed by atoms with van der Waals surface area (Å²) in [6.07, 6.45) is 7.98. The normalized spacial score (nSPS) is 13.5. The smallest absolute Gasteiger partial charge is 0.161 e. The highest BCUT2D eigenvalue weighted by Crippen LogP contribution is 2.37. The maximum atomic E-state index is 10.7. The lowest BCUT2D eigenvalue weighted by molar-refractivity contribution is 0.00424. The molecule has 0 radical (unpaired) electrons. The maximum Gasteiger partial charge on any atom is 0.161 e. The summed E-state index contributed by atoms with van der Waals surface area (Å²) < 4.78 is 12.3. The van der Waals surface area contributed by atoms with Gasteiger partial charge in [0.05, 0.1) is 5.60 Å². The van der Waals surface area contributed by atoms with Crippen LogP contribution in [0.1, 0.15) is 77.3 Å². The van der Waals surface area contributed by atoms with E-state index in [-0.39, 0.29) is 12.0 Å². The van der Waals surface area contributed by atoms with Crippen molar-refractivity contribution in [1.29, 1.82) is 0 Å². The highest BCUT2D eigenvalue weighted by molar-refractivity contribution is 5.45. The Morgan fingerprint density at radius 2 is 1.68 bits per heavy atom. The van der Waals surface area contributed by atoms with Gasteiger partial charge in [-0.15, -0.1) is 6.58 Å². The summed E-state index contributed by atoms with van der Waals surface area (Å²) in [7, 11) is 0. The first kappa shape index (κ1) is 25.0. The van der Waals surface area contributed by atoms with E-state index in [1.54, 1.807) is 6.92 Å². The number of hydrogen-bond acceptors (Lipinski definition) is 3. The molecule has 2 aromatic rings. The van der Waals surface area contributed by atoms with Crippen LogP contribution in [0.25, 0.3) is 0 Å². The van der Waals surface area contributed by atoms with E-state index in [4.69, 9.17) is 9.47 Å². The van der Waals surface area contributed by atoms with Crippen molar-refractivity contribution in [2.75, 3.05) is 6.61 Å². The topological polar surface area (TPSA) is 38.7 Å². The van der Waals surface area contributed by atoms with Gasteiger partial charge in [0.15, 0.2) is 11.5 Å². The Kier molecular flexibility index (Phi) is 9.64. The Hall–Kier alpha value is -2.26. The molecule has 1 unspecified atom stereocenters. The van der Waals surface area contributed by atoms with Crippen LogP contribution in [0.15, 0.2) is 61.2 Å². The maximum absolute atomic E-state index is 10.7. The number of ether oxygens (including phenoxy) is 2. The molecule has 3 heteroatoms. The lowest BCUT2D eigenvalue weighted by Crippen LogP contribution is -2.32. The average molecular weight is 425 g/mol. The monoisotopic (exact) mass is 424 g/mol. The number of aliphatic hydroxyl groups is 1. The summed E-state index contributed by atoms with van der Waals surface area (Å²) in [4.78, 5) is 0. The molecule has 0 aliphatic heterocycles. The Balaban J connectivity index is 2.21. The first-order chi connectivity index (χ1) is 14.8. The van der Waals surface area contributed by atoms with Crippen LogP contribution in [-0.2, 0) is 12.0 Å². The van der Waals surface area contributed by atoms with Crippen molar-refractivity contribution in [2.45, 2.75) is 83.8 Å². The molecule has 0 saturated carbocycles. The minimum Gasteiger partial charge on any atom is -0.487 e. The number of unbranched alkanes of at least 4 members (excludes halogenated alkanes) is 2. The van der Waals surface area contributed by atoms with E-state index in [9.17, 15) is 5.11 Å². The SMILES string of the molecule is C=CCCC(C)(O)COc1cc(C(C)(C)CCCCC)ccc1OCc1ccccc1. The predicted molar refractivity (Wildman–Crippen MR) is 130 cm³/mol. The van der Waals surface area contributed by atoms with E-state index >= 15 is 0 Å². The van der Waals surface area contributed by atoms with Gasteiger partial charge in [0.25, 0.3) is 0 Å². The van der Waals surface area contributed by atoms with Crippen LogP contribution in [0.5, 0.6) is 11.5 Å². The fourth-order valence-corrected chi connectivity index (χ4v) is 3.58. The van der Waals surface area contributed by atoms with Gasteiger partial charge in [0, 0.05) is 0 Å². The second-order valence-electron chi connectivity index (χ2n) is 9.39. The molecule has 1 atom stereocenters. The van der Waals surface area contributed by atoms with Crippen LogP contribution < -0.4 is 9.47 Å². The Morgan fingerprint density at radius 1 is 0.935 bits per heavy atom. The van der Waals surface area contributed by atoms with Gasteiger partial charge >= 0.3 is 0 Å². The van der Waals surface area contributed by atoms with Crippen LogP contribution in [0.3, 0.4) is 0 Å². The van der Waals surface area contributed by atoms with Crippen molar-refractivity contribution < 1.29 is 14.6 Å². The fraction of sp³-hybridized carbons (Fsp3) is 0.500. The first-order valence-electron chi connectivity index (χ1n) is 11.5. The Labute approximate surface area is 189 Å². The van der Waals surface area contributed by atoms with Gasteiger partial charge in [-0.3, -0.25) is 0 Å². The Morgan fingerprint density at radius 3 is 2.35 bits per heavy atom. The van der Waals surface area contributed by atoms with E-state index in [1.807, 2.05) is 42.5 Å². The summed E-state index contributed by atoms with van der Waals surface area (Å²) in [5.41, 5.74) is 1.47. The summed E-state index contributed by atoms with van der Waals surface area (Å²) in [5.74, 6) is 1.40. The fourth-order valence-electron chi connectivity index (χ4n) is 3.58. The third-order valence-electron chi connectivity index (χ3n) is 5.79. The zero-order valence-corrected chi connectivity index (χ0v) is 19.8. The third-order valence-corrected chi connectivity index (χ3v) is 5.79. The van der Waals surface area contributed by atoms with Gasteiger partial charge in [-0.1, -0.05) is 82.5 Å². The molecule has 0 fully saturated rings. The van der Waals surface area contributed by atoms with Crippen LogP contribution in [-0.4, -0.2) is 17.3 Å². The van der Waals surface area contributed by atoms with E-state index in [0.717, 1.165) is 18.4 Å². The van der Waals surface area contributed by atoms with Crippen LogP contribution in [0, 0.1) is 0 Å². The number of hydrogen-bond donors (Lipinski definition) is 1. The van der Waals surface area contributed by atoms with Crippen molar-refractivity contribution in [1.82, 2.24) is 0 Å². The summed E-state index contributed by atoms with van der Waals surface area (Å²) >= 11 is 0. The molecule has 2 aromatic carbocycles. The van der Waals surface area contributed by atoms with E-state index < -0.39 is 5.60 Å². The molecule has 0 heterocycles. The second-order valence-corrected chi connectivity index (χ2v) is 9.39. The summed E-state index contributed by atoms with van der Waals surface area (Å²) in [5, 5.41) is 10.7. The summed E-state index contributed by atoms with van der Waals surface area (Å²) in [6.45, 7) is 13.0. The molecular formula is C28H40O3. The molecular weight excluding hydrogens is 384 g/mol.